The van der Waals surface area contributed by atoms with Gasteiger partial charge in [-0.2, -0.15) is 0 Å². The van der Waals surface area contributed by atoms with Gasteiger partial charge in [-0.05, 0) is 25.7 Å². The standard InChI is InChI=1S/C10H19N5S/c1-3-13-5-7-14(8-6-13)9-11-12-10(16)15(9)4-2/h3-8H2,1-2H3,(H,12,16). The Morgan fingerprint density at radius 1 is 1.19 bits per heavy atom. The molecule has 0 atom stereocenters. The lowest BCUT2D eigenvalue weighted by atomic mass is 10.3. The normalized spacial score (nSPS) is 18.0. The second kappa shape index (κ2) is 4.97. The molecule has 1 N–H and O–H groups in total. The van der Waals surface area contributed by atoms with Gasteiger partial charge in [-0.25, -0.2) is 5.10 Å². The molecule has 6 heteroatoms. The molecule has 0 saturated carbocycles. The molecule has 0 spiro atoms. The summed E-state index contributed by atoms with van der Waals surface area (Å²) in [7, 11) is 0. The number of hydrogen-bond acceptors (Lipinski definition) is 4. The van der Waals surface area contributed by atoms with Gasteiger partial charge in [0.05, 0.1) is 0 Å². The third-order valence-electron chi connectivity index (χ3n) is 3.16. The van der Waals surface area contributed by atoms with E-state index < -0.39 is 0 Å². The van der Waals surface area contributed by atoms with Gasteiger partial charge in [-0.3, -0.25) is 4.57 Å². The maximum absolute atomic E-state index is 5.20. The summed E-state index contributed by atoms with van der Waals surface area (Å²) >= 11 is 5.20. The molecule has 0 amide bonds. The van der Waals surface area contributed by atoms with Crippen LogP contribution < -0.4 is 4.90 Å². The van der Waals surface area contributed by atoms with Gasteiger partial charge in [0.1, 0.15) is 0 Å². The van der Waals surface area contributed by atoms with Crippen LogP contribution in [0.15, 0.2) is 0 Å². The molecule has 16 heavy (non-hydrogen) atoms. The van der Waals surface area contributed by atoms with Crippen molar-refractivity contribution in [3.05, 3.63) is 4.77 Å². The number of nitrogens with zero attached hydrogens (tertiary/aromatic N) is 4. The summed E-state index contributed by atoms with van der Waals surface area (Å²) in [5.74, 6) is 0.989. The van der Waals surface area contributed by atoms with Gasteiger partial charge in [-0.1, -0.05) is 6.92 Å². The molecule has 1 aromatic heterocycles. The van der Waals surface area contributed by atoms with Crippen molar-refractivity contribution in [3.8, 4) is 0 Å². The van der Waals surface area contributed by atoms with Crippen molar-refractivity contribution in [2.45, 2.75) is 20.4 Å². The number of hydrogen-bond donors (Lipinski definition) is 1. The van der Waals surface area contributed by atoms with Crippen molar-refractivity contribution >= 4 is 18.2 Å². The summed E-state index contributed by atoms with van der Waals surface area (Å²) in [6.45, 7) is 10.6. The molecule has 0 radical (unpaired) electrons. The third kappa shape index (κ3) is 2.12. The minimum absolute atomic E-state index is 0.718. The Balaban J connectivity index is 2.11. The van der Waals surface area contributed by atoms with Crippen LogP contribution >= 0.6 is 12.2 Å². The molecule has 1 aromatic rings. The number of aromatic amines is 1. The van der Waals surface area contributed by atoms with Gasteiger partial charge < -0.3 is 9.80 Å². The largest absolute Gasteiger partial charge is 0.338 e. The fraction of sp³-hybridized carbons (Fsp3) is 0.800. The van der Waals surface area contributed by atoms with E-state index in [0.717, 1.165) is 50.0 Å². The molecule has 1 aliphatic heterocycles. The minimum Gasteiger partial charge on any atom is -0.338 e. The number of aromatic nitrogens is 3. The first-order chi connectivity index (χ1) is 7.76. The van der Waals surface area contributed by atoms with Gasteiger partial charge in [0.25, 0.3) is 0 Å². The molecule has 2 heterocycles. The SMILES string of the molecule is CCN1CCN(c2n[nH]c(=S)n2CC)CC1. The Hall–Kier alpha value is -0.880. The molecule has 5 nitrogen and oxygen atoms in total. The summed E-state index contributed by atoms with van der Waals surface area (Å²) < 4.78 is 2.77. The number of rotatable bonds is 3. The van der Waals surface area contributed by atoms with Crippen LogP contribution in [0, 0.1) is 4.77 Å². The maximum atomic E-state index is 5.20. The first kappa shape index (κ1) is 11.6. The molecule has 0 bridgehead atoms. The van der Waals surface area contributed by atoms with Crippen LogP contribution in [0.5, 0.6) is 0 Å². The van der Waals surface area contributed by atoms with Crippen LogP contribution in [0.25, 0.3) is 0 Å². The average molecular weight is 241 g/mol. The average Bonchev–Trinajstić information content (AvgIpc) is 2.70. The smallest absolute Gasteiger partial charge is 0.225 e. The Morgan fingerprint density at radius 2 is 1.88 bits per heavy atom. The van der Waals surface area contributed by atoms with Crippen LogP contribution in [0.1, 0.15) is 13.8 Å². The highest BCUT2D eigenvalue weighted by atomic mass is 32.1. The van der Waals surface area contributed by atoms with Crippen molar-refractivity contribution in [2.24, 2.45) is 0 Å². The van der Waals surface area contributed by atoms with E-state index in [1.54, 1.807) is 0 Å². The van der Waals surface area contributed by atoms with Crippen molar-refractivity contribution in [2.75, 3.05) is 37.6 Å². The van der Waals surface area contributed by atoms with Crippen LogP contribution in [-0.2, 0) is 6.54 Å². The summed E-state index contributed by atoms with van der Waals surface area (Å²) in [5, 5.41) is 7.19. The van der Waals surface area contributed by atoms with Crippen molar-refractivity contribution in [1.82, 2.24) is 19.7 Å². The van der Waals surface area contributed by atoms with Crippen LogP contribution in [0.4, 0.5) is 5.95 Å². The Morgan fingerprint density at radius 3 is 2.44 bits per heavy atom. The van der Waals surface area contributed by atoms with Gasteiger partial charge in [0.15, 0.2) is 4.77 Å². The number of anilines is 1. The molecular weight excluding hydrogens is 222 g/mol. The predicted octanol–water partition coefficient (Wildman–Crippen LogP) is 1.10. The minimum atomic E-state index is 0.718. The van der Waals surface area contributed by atoms with E-state index in [4.69, 9.17) is 12.2 Å². The predicted molar refractivity (Wildman–Crippen MR) is 67.4 cm³/mol. The molecule has 1 saturated heterocycles. The first-order valence-electron chi connectivity index (χ1n) is 5.88. The van der Waals surface area contributed by atoms with Crippen LogP contribution in [-0.4, -0.2) is 52.4 Å². The van der Waals surface area contributed by atoms with E-state index >= 15 is 0 Å². The molecule has 0 unspecified atom stereocenters. The zero-order valence-electron chi connectivity index (χ0n) is 9.94. The second-order valence-corrected chi connectivity index (χ2v) is 4.38. The number of likely N-dealkylation sites (N-methyl/N-ethyl adjacent to an activating group) is 1. The summed E-state index contributed by atoms with van der Waals surface area (Å²) in [5.41, 5.74) is 0. The monoisotopic (exact) mass is 241 g/mol. The van der Waals surface area contributed by atoms with Crippen LogP contribution in [0.2, 0.25) is 0 Å². The van der Waals surface area contributed by atoms with Gasteiger partial charge in [0.2, 0.25) is 5.95 Å². The lowest BCUT2D eigenvalue weighted by Crippen LogP contribution is -2.47. The van der Waals surface area contributed by atoms with E-state index in [0.29, 0.717) is 0 Å². The lowest BCUT2D eigenvalue weighted by Gasteiger charge is -2.34. The fourth-order valence-corrected chi connectivity index (χ4v) is 2.36. The highest BCUT2D eigenvalue weighted by Crippen LogP contribution is 2.13. The van der Waals surface area contributed by atoms with Crippen molar-refractivity contribution < 1.29 is 0 Å². The second-order valence-electron chi connectivity index (χ2n) is 3.99. The third-order valence-corrected chi connectivity index (χ3v) is 3.47. The van der Waals surface area contributed by atoms with E-state index in [2.05, 4.69) is 38.4 Å². The van der Waals surface area contributed by atoms with E-state index in [1.807, 2.05) is 0 Å². The lowest BCUT2D eigenvalue weighted by molar-refractivity contribution is 0.269. The highest BCUT2D eigenvalue weighted by Gasteiger charge is 2.19. The van der Waals surface area contributed by atoms with Gasteiger partial charge in [-0.15, -0.1) is 5.10 Å². The molecule has 0 aromatic carbocycles. The molecule has 1 fully saturated rings. The molecular formula is C10H19N5S. The maximum Gasteiger partial charge on any atom is 0.225 e. The van der Waals surface area contributed by atoms with Crippen molar-refractivity contribution in [3.63, 3.8) is 0 Å². The summed E-state index contributed by atoms with van der Waals surface area (Å²) in [4.78, 5) is 4.76. The van der Waals surface area contributed by atoms with E-state index in [9.17, 15) is 0 Å². The Labute approximate surface area is 101 Å². The summed E-state index contributed by atoms with van der Waals surface area (Å²) in [6, 6.07) is 0. The summed E-state index contributed by atoms with van der Waals surface area (Å²) in [6.07, 6.45) is 0. The van der Waals surface area contributed by atoms with E-state index in [-0.39, 0.29) is 0 Å². The molecule has 90 valence electrons. The Kier molecular flexibility index (Phi) is 3.60. The van der Waals surface area contributed by atoms with E-state index in [1.165, 1.54) is 0 Å². The van der Waals surface area contributed by atoms with Gasteiger partial charge >= 0.3 is 0 Å². The van der Waals surface area contributed by atoms with Gasteiger partial charge in [0, 0.05) is 32.7 Å². The van der Waals surface area contributed by atoms with Crippen LogP contribution in [0.3, 0.4) is 0 Å². The quantitative estimate of drug-likeness (QED) is 0.805. The highest BCUT2D eigenvalue weighted by molar-refractivity contribution is 7.71. The zero-order chi connectivity index (χ0) is 11.5. The number of nitrogens with one attached hydrogen (secondary N) is 1. The zero-order valence-corrected chi connectivity index (χ0v) is 10.8. The van der Waals surface area contributed by atoms with Crippen molar-refractivity contribution in [1.29, 1.82) is 0 Å². The Bertz CT molecular complexity index is 388. The molecule has 0 aliphatic carbocycles. The molecule has 2 rings (SSSR count). The first-order valence-corrected chi connectivity index (χ1v) is 6.29. The number of H-pyrrole nitrogens is 1. The fourth-order valence-electron chi connectivity index (χ4n) is 2.10. The topological polar surface area (TPSA) is 40.1 Å². The molecule has 1 aliphatic rings. The number of piperazine rings is 1.